The van der Waals surface area contributed by atoms with Gasteiger partial charge in [0.05, 0.1) is 5.71 Å². The fraction of sp³-hybridized carbons (Fsp3) is 0.250. The maximum absolute atomic E-state index is 11.4. The van der Waals surface area contributed by atoms with Crippen LogP contribution in [-0.4, -0.2) is 35.9 Å². The third-order valence-corrected chi connectivity index (χ3v) is 3.78. The number of benzene rings is 2. The molecule has 0 bridgehead atoms. The zero-order valence-corrected chi connectivity index (χ0v) is 18.7. The van der Waals surface area contributed by atoms with Gasteiger partial charge < -0.3 is 5.01 Å². The number of ketones is 1. The molecule has 0 unspecified atom stereocenters. The molecule has 0 heterocycles. The van der Waals surface area contributed by atoms with E-state index in [0.717, 1.165) is 23.0 Å². The lowest BCUT2D eigenvalue weighted by atomic mass is 10.1. The van der Waals surface area contributed by atoms with Crippen LogP contribution in [0.5, 0.6) is 0 Å². The van der Waals surface area contributed by atoms with Crippen molar-refractivity contribution in [3.8, 4) is 0 Å². The van der Waals surface area contributed by atoms with Gasteiger partial charge in [0.2, 0.25) is 0 Å². The van der Waals surface area contributed by atoms with Gasteiger partial charge in [0.15, 0.2) is 5.78 Å². The van der Waals surface area contributed by atoms with Gasteiger partial charge in [-0.1, -0.05) is 88.7 Å². The van der Waals surface area contributed by atoms with E-state index in [-0.39, 0.29) is 5.78 Å². The molecule has 0 aliphatic heterocycles. The van der Waals surface area contributed by atoms with Crippen LogP contribution in [0.2, 0.25) is 0 Å². The highest BCUT2D eigenvalue weighted by Crippen LogP contribution is 2.04. The van der Waals surface area contributed by atoms with Crippen molar-refractivity contribution in [3.63, 3.8) is 0 Å². The van der Waals surface area contributed by atoms with E-state index >= 15 is 0 Å². The van der Waals surface area contributed by atoms with E-state index in [1.165, 1.54) is 5.56 Å². The number of hydrogen-bond acceptors (Lipinski definition) is 3. The molecule has 2 aromatic rings. The number of Topliss-reactive ketones (excluding diaryl/α,β-unsaturated/α-hetero) is 1. The summed E-state index contributed by atoms with van der Waals surface area (Å²) in [6, 6.07) is 19.5. The van der Waals surface area contributed by atoms with E-state index in [0.29, 0.717) is 6.42 Å². The number of carbonyl (C=O) groups excluding carboxylic acids is 1. The van der Waals surface area contributed by atoms with E-state index in [9.17, 15) is 4.79 Å². The van der Waals surface area contributed by atoms with Crippen molar-refractivity contribution in [3.05, 3.63) is 97.1 Å². The van der Waals surface area contributed by atoms with Crippen LogP contribution >= 0.6 is 15.9 Å². The van der Waals surface area contributed by atoms with Gasteiger partial charge in [-0.15, -0.1) is 13.2 Å². The first kappa shape index (κ1) is 25.5. The topological polar surface area (TPSA) is 32.7 Å². The monoisotopic (exact) mass is 442 g/mol. The maximum atomic E-state index is 11.4. The number of carbonyl (C=O) groups is 1. The first-order valence-corrected chi connectivity index (χ1v) is 10.2. The van der Waals surface area contributed by atoms with Gasteiger partial charge in [0.1, 0.15) is 0 Å². The Kier molecular flexibility index (Phi) is 15.2. The molecule has 0 radical (unpaired) electrons. The zero-order chi connectivity index (χ0) is 21.2. The predicted octanol–water partition coefficient (Wildman–Crippen LogP) is 6.38. The fourth-order valence-corrected chi connectivity index (χ4v) is 2.04. The Balaban J connectivity index is 0.000000439. The maximum Gasteiger partial charge on any atom is 0.163 e. The number of allylic oxidation sites excluding steroid dienone is 2. The van der Waals surface area contributed by atoms with Crippen LogP contribution in [0.4, 0.5) is 0 Å². The standard InChI is InChI=1S/C11H12O.C10H14N2.C3H5Br/c1-2-3-9-11(12)10-7-5-4-6-8-10;1-9(11-12(2)3)10-7-5-4-6-8-10;1-2-3-4/h2,4-8H,1,3,9H2;4-8H,1-3H3;2H,1,3H2/b;11-9+;. The second-order valence-electron chi connectivity index (χ2n) is 5.96. The van der Waals surface area contributed by atoms with Crippen LogP contribution in [0.1, 0.15) is 35.7 Å². The molecule has 0 N–H and O–H groups in total. The molecule has 0 saturated carbocycles. The summed E-state index contributed by atoms with van der Waals surface area (Å²) in [5.41, 5.74) is 3.01. The molecule has 0 aromatic heterocycles. The lowest BCUT2D eigenvalue weighted by Gasteiger charge is -2.06. The van der Waals surface area contributed by atoms with Crippen LogP contribution in [0.3, 0.4) is 0 Å². The van der Waals surface area contributed by atoms with Gasteiger partial charge in [0.25, 0.3) is 0 Å². The Bertz CT molecular complexity index is 710. The highest BCUT2D eigenvalue weighted by molar-refractivity contribution is 9.09. The Morgan fingerprint density at radius 3 is 1.82 bits per heavy atom. The van der Waals surface area contributed by atoms with Crippen molar-refractivity contribution in [2.45, 2.75) is 19.8 Å². The van der Waals surface area contributed by atoms with E-state index in [2.05, 4.69) is 46.3 Å². The molecule has 0 aliphatic rings. The molecule has 0 fully saturated rings. The molecule has 0 atom stereocenters. The van der Waals surface area contributed by atoms with E-state index in [4.69, 9.17) is 0 Å². The molecule has 4 heteroatoms. The largest absolute Gasteiger partial charge is 0.303 e. The van der Waals surface area contributed by atoms with E-state index in [1.807, 2.05) is 74.6 Å². The summed E-state index contributed by atoms with van der Waals surface area (Å²) in [5, 5.41) is 7.00. The van der Waals surface area contributed by atoms with Crippen LogP contribution in [0.15, 0.2) is 91.1 Å². The number of hydrazone groups is 1. The minimum absolute atomic E-state index is 0.190. The normalized spacial score (nSPS) is 9.79. The van der Waals surface area contributed by atoms with Gasteiger partial charge in [-0.25, -0.2) is 0 Å². The summed E-state index contributed by atoms with van der Waals surface area (Å²) in [7, 11) is 3.85. The summed E-state index contributed by atoms with van der Waals surface area (Å²) < 4.78 is 0. The molecule has 0 saturated heterocycles. The highest BCUT2D eigenvalue weighted by atomic mass is 79.9. The molecule has 3 nitrogen and oxygen atoms in total. The van der Waals surface area contributed by atoms with Gasteiger partial charge in [-0.05, 0) is 18.9 Å². The van der Waals surface area contributed by atoms with Crippen molar-refractivity contribution < 1.29 is 4.79 Å². The van der Waals surface area contributed by atoms with Crippen LogP contribution < -0.4 is 0 Å². The van der Waals surface area contributed by atoms with Crippen molar-refractivity contribution in [2.75, 3.05) is 19.4 Å². The average molecular weight is 443 g/mol. The van der Waals surface area contributed by atoms with Crippen molar-refractivity contribution in [1.82, 2.24) is 5.01 Å². The SMILES string of the molecule is C/C(=N\N(C)C)c1ccccc1.C=CCBr.C=CCCC(=O)c1ccccc1. The number of halogens is 1. The van der Waals surface area contributed by atoms with E-state index in [1.54, 1.807) is 12.2 Å². The van der Waals surface area contributed by atoms with Gasteiger partial charge in [0, 0.05) is 31.4 Å². The molecule has 28 heavy (non-hydrogen) atoms. The third-order valence-electron chi connectivity index (χ3n) is 3.32. The number of alkyl halides is 1. The molecule has 0 aliphatic carbocycles. The molecule has 0 amide bonds. The minimum Gasteiger partial charge on any atom is -0.303 e. The van der Waals surface area contributed by atoms with Crippen LogP contribution in [-0.2, 0) is 0 Å². The number of rotatable bonds is 7. The summed E-state index contributed by atoms with van der Waals surface area (Å²) >= 11 is 3.13. The molecule has 150 valence electrons. The first-order valence-electron chi connectivity index (χ1n) is 9.10. The number of nitrogens with zero attached hydrogens (tertiary/aromatic N) is 2. The second-order valence-corrected chi connectivity index (χ2v) is 6.61. The lowest BCUT2D eigenvalue weighted by molar-refractivity contribution is 0.0983. The second kappa shape index (κ2) is 16.7. The van der Waals surface area contributed by atoms with Crippen molar-refractivity contribution in [2.24, 2.45) is 5.10 Å². The van der Waals surface area contributed by atoms with Crippen molar-refractivity contribution >= 4 is 27.4 Å². The lowest BCUT2D eigenvalue weighted by Crippen LogP contribution is -2.06. The Labute approximate surface area is 178 Å². The molecule has 2 aromatic carbocycles. The zero-order valence-electron chi connectivity index (χ0n) is 17.1. The van der Waals surface area contributed by atoms with Gasteiger partial charge in [-0.2, -0.15) is 5.10 Å². The smallest absolute Gasteiger partial charge is 0.163 e. The third kappa shape index (κ3) is 12.8. The minimum atomic E-state index is 0.190. The summed E-state index contributed by atoms with van der Waals surface area (Å²) in [6.07, 6.45) is 4.88. The molecular formula is C24H31BrN2O. The highest BCUT2D eigenvalue weighted by Gasteiger charge is 2.01. The molecule has 2 rings (SSSR count). The number of hydrogen-bond donors (Lipinski definition) is 0. The van der Waals surface area contributed by atoms with Gasteiger partial charge >= 0.3 is 0 Å². The fourth-order valence-electron chi connectivity index (χ4n) is 2.04. The van der Waals surface area contributed by atoms with Crippen LogP contribution in [0, 0.1) is 0 Å². The summed E-state index contributed by atoms with van der Waals surface area (Å²) in [4.78, 5) is 11.4. The summed E-state index contributed by atoms with van der Waals surface area (Å²) in [5.74, 6) is 0.190. The van der Waals surface area contributed by atoms with Crippen LogP contribution in [0.25, 0.3) is 0 Å². The predicted molar refractivity (Wildman–Crippen MR) is 127 cm³/mol. The first-order chi connectivity index (χ1) is 13.5. The Morgan fingerprint density at radius 2 is 1.43 bits per heavy atom. The van der Waals surface area contributed by atoms with Crippen molar-refractivity contribution in [1.29, 1.82) is 0 Å². The summed E-state index contributed by atoms with van der Waals surface area (Å²) in [6.45, 7) is 9.02. The Hall–Kier alpha value is -2.46. The Morgan fingerprint density at radius 1 is 0.964 bits per heavy atom. The van der Waals surface area contributed by atoms with E-state index < -0.39 is 0 Å². The molecular weight excluding hydrogens is 412 g/mol. The van der Waals surface area contributed by atoms with Gasteiger partial charge in [-0.3, -0.25) is 4.79 Å². The molecule has 0 spiro atoms. The quantitative estimate of drug-likeness (QED) is 0.164. The average Bonchev–Trinajstić information content (AvgIpc) is 2.73.